The van der Waals surface area contributed by atoms with Gasteiger partial charge in [-0.25, -0.2) is 0 Å². The van der Waals surface area contributed by atoms with Gasteiger partial charge >= 0.3 is 5.71 Å². The van der Waals surface area contributed by atoms with Crippen LogP contribution < -0.4 is 0 Å². The summed E-state index contributed by atoms with van der Waals surface area (Å²) >= 11 is 0. The topological polar surface area (TPSA) is 70.5 Å². The second-order valence-corrected chi connectivity index (χ2v) is 8.84. The van der Waals surface area contributed by atoms with E-state index in [0.29, 0.717) is 35.7 Å². The van der Waals surface area contributed by atoms with Gasteiger partial charge in [-0.05, 0) is 61.7 Å². The normalized spacial score (nSPS) is 49.2. The lowest BCUT2D eigenvalue weighted by Crippen LogP contribution is -2.56. The van der Waals surface area contributed by atoms with Crippen LogP contribution in [0.5, 0.6) is 0 Å². The Balaban J connectivity index is 1.70. The van der Waals surface area contributed by atoms with Crippen LogP contribution in [-0.4, -0.2) is 22.1 Å². The Kier molecular flexibility index (Phi) is 3.22. The van der Waals surface area contributed by atoms with Gasteiger partial charge < -0.3 is 5.53 Å². The molecule has 124 valence electrons. The molecular formula is C19H26N2O2. The summed E-state index contributed by atoms with van der Waals surface area (Å²) in [4.78, 5) is 27.9. The maximum Gasteiger partial charge on any atom is 0.337 e. The summed E-state index contributed by atoms with van der Waals surface area (Å²) in [6.07, 6.45) is 7.32. The number of hydrogen-bond acceptors (Lipinski definition) is 2. The van der Waals surface area contributed by atoms with E-state index in [1.54, 1.807) is 0 Å². The van der Waals surface area contributed by atoms with Gasteiger partial charge in [0.1, 0.15) is 5.78 Å². The van der Waals surface area contributed by atoms with Crippen molar-refractivity contribution < 1.29 is 14.4 Å². The molecule has 4 nitrogen and oxygen atoms in total. The minimum atomic E-state index is -0.0945. The van der Waals surface area contributed by atoms with Crippen LogP contribution in [0.25, 0.3) is 5.53 Å². The summed E-state index contributed by atoms with van der Waals surface area (Å²) < 4.78 is 0. The molecule has 0 aromatic heterocycles. The van der Waals surface area contributed by atoms with Crippen molar-refractivity contribution in [2.75, 3.05) is 0 Å². The van der Waals surface area contributed by atoms with Crippen LogP contribution in [0.1, 0.15) is 65.2 Å². The quantitative estimate of drug-likeness (QED) is 0.507. The van der Waals surface area contributed by atoms with Crippen molar-refractivity contribution >= 4 is 17.3 Å². The van der Waals surface area contributed by atoms with E-state index in [2.05, 4.69) is 18.6 Å². The van der Waals surface area contributed by atoms with Crippen LogP contribution in [0.3, 0.4) is 0 Å². The third-order valence-electron chi connectivity index (χ3n) is 8.19. The predicted molar refractivity (Wildman–Crippen MR) is 85.8 cm³/mol. The monoisotopic (exact) mass is 314 g/mol. The van der Waals surface area contributed by atoms with Crippen LogP contribution in [0.2, 0.25) is 0 Å². The van der Waals surface area contributed by atoms with Gasteiger partial charge in [-0.15, -0.1) is 0 Å². The molecule has 0 spiro atoms. The number of carbonyl (C=O) groups is 2. The van der Waals surface area contributed by atoms with Crippen molar-refractivity contribution in [3.8, 4) is 0 Å². The fourth-order valence-electron chi connectivity index (χ4n) is 6.87. The average molecular weight is 314 g/mol. The number of ketones is 2. The zero-order valence-corrected chi connectivity index (χ0v) is 14.2. The molecule has 4 rings (SSSR count). The van der Waals surface area contributed by atoms with Crippen molar-refractivity contribution in [3.63, 3.8) is 0 Å². The molecule has 0 N–H and O–H groups in total. The molecule has 4 saturated carbocycles. The summed E-state index contributed by atoms with van der Waals surface area (Å²) in [5.41, 5.74) is 9.75. The van der Waals surface area contributed by atoms with Crippen molar-refractivity contribution in [3.05, 3.63) is 5.53 Å². The molecule has 23 heavy (non-hydrogen) atoms. The van der Waals surface area contributed by atoms with Gasteiger partial charge in [0.15, 0.2) is 0 Å². The Morgan fingerprint density at radius 3 is 2.52 bits per heavy atom. The third kappa shape index (κ3) is 1.85. The lowest BCUT2D eigenvalue weighted by molar-refractivity contribution is -0.140. The number of Topliss-reactive ketones (excluding diaryl/α,β-unsaturated/α-hetero) is 2. The van der Waals surface area contributed by atoms with Gasteiger partial charge in [-0.2, -0.15) is 4.79 Å². The van der Waals surface area contributed by atoms with Gasteiger partial charge in [0, 0.05) is 18.3 Å². The summed E-state index contributed by atoms with van der Waals surface area (Å²) in [6.45, 7) is 4.51. The van der Waals surface area contributed by atoms with E-state index in [1.165, 1.54) is 0 Å². The smallest absolute Gasteiger partial charge is 0.337 e. The molecule has 4 aliphatic carbocycles. The molecule has 4 fully saturated rings. The molecule has 6 atom stereocenters. The highest BCUT2D eigenvalue weighted by Gasteiger charge is 2.62. The molecule has 0 amide bonds. The van der Waals surface area contributed by atoms with Crippen LogP contribution in [0.4, 0.5) is 0 Å². The van der Waals surface area contributed by atoms with E-state index in [9.17, 15) is 15.1 Å². The Labute approximate surface area is 137 Å². The highest BCUT2D eigenvalue weighted by atomic mass is 16.1. The minimum Gasteiger partial charge on any atom is -0.361 e. The minimum absolute atomic E-state index is 0.0325. The lowest BCUT2D eigenvalue weighted by Gasteiger charge is -2.57. The highest BCUT2D eigenvalue weighted by Crippen LogP contribution is 2.64. The number of hydrogen-bond donors (Lipinski definition) is 0. The van der Waals surface area contributed by atoms with E-state index >= 15 is 0 Å². The van der Waals surface area contributed by atoms with Crippen LogP contribution >= 0.6 is 0 Å². The van der Waals surface area contributed by atoms with Gasteiger partial charge in [-0.3, -0.25) is 9.59 Å². The van der Waals surface area contributed by atoms with E-state index in [0.717, 1.165) is 44.9 Å². The maximum absolute atomic E-state index is 12.4. The Bertz CT molecular complexity index is 635. The SMILES string of the molecule is C[C@]12CCC(=O)C(=[N+]=[N-])C1CC[C@@H]1[C@H]2CC[C@]2(C)C(=O)CC[C@@H]12. The Morgan fingerprint density at radius 1 is 1.00 bits per heavy atom. The second kappa shape index (κ2) is 4.86. The Morgan fingerprint density at radius 2 is 1.78 bits per heavy atom. The molecule has 4 heteroatoms. The fourth-order valence-corrected chi connectivity index (χ4v) is 6.87. The molecule has 4 aliphatic rings. The molecule has 0 radical (unpaired) electrons. The molecule has 0 saturated heterocycles. The first-order chi connectivity index (χ1) is 10.9. The molecule has 0 heterocycles. The maximum atomic E-state index is 12.4. The lowest BCUT2D eigenvalue weighted by atomic mass is 9.45. The van der Waals surface area contributed by atoms with E-state index in [1.807, 2.05) is 0 Å². The molecule has 0 aliphatic heterocycles. The van der Waals surface area contributed by atoms with Crippen LogP contribution in [0.15, 0.2) is 0 Å². The van der Waals surface area contributed by atoms with Gasteiger partial charge in [0.2, 0.25) is 5.78 Å². The first kappa shape index (κ1) is 15.3. The number of carbonyl (C=O) groups excluding carboxylic acids is 2. The third-order valence-corrected chi connectivity index (χ3v) is 8.19. The number of fused-ring (bicyclic) bond motifs is 5. The number of rotatable bonds is 0. The van der Waals surface area contributed by atoms with E-state index in [4.69, 9.17) is 0 Å². The van der Waals surface area contributed by atoms with E-state index < -0.39 is 0 Å². The molecule has 0 aromatic rings. The summed E-state index contributed by atoms with van der Waals surface area (Å²) in [6, 6.07) is 0. The van der Waals surface area contributed by atoms with Gasteiger partial charge in [0.25, 0.3) is 0 Å². The average Bonchev–Trinajstić information content (AvgIpc) is 2.83. The standard InChI is InChI=1S/C19H26N2O2/c1-18-10-8-15(22)17(21-20)14(18)4-3-11-12-5-6-16(23)19(12,2)9-7-13(11)18/h11-14H,3-10H2,1-2H3/t11-,12-,13+,14?,18+,19-/m0/s1. The second-order valence-electron chi connectivity index (χ2n) is 8.84. The molecule has 0 aromatic carbocycles. The molecule has 0 bridgehead atoms. The van der Waals surface area contributed by atoms with E-state index in [-0.39, 0.29) is 22.5 Å². The Hall–Kier alpha value is -1.28. The highest BCUT2D eigenvalue weighted by molar-refractivity contribution is 6.39. The van der Waals surface area contributed by atoms with Crippen molar-refractivity contribution in [1.82, 2.24) is 0 Å². The summed E-state index contributed by atoms with van der Waals surface area (Å²) in [5, 5.41) is 0. The van der Waals surface area contributed by atoms with Gasteiger partial charge in [-0.1, -0.05) is 13.8 Å². The number of nitrogens with zero attached hydrogens (tertiary/aromatic N) is 2. The van der Waals surface area contributed by atoms with Crippen molar-refractivity contribution in [2.45, 2.75) is 65.2 Å². The zero-order chi connectivity index (χ0) is 16.4. The first-order valence-corrected chi connectivity index (χ1v) is 9.20. The molecule has 1 unspecified atom stereocenters. The van der Waals surface area contributed by atoms with Crippen LogP contribution in [0, 0.1) is 34.5 Å². The van der Waals surface area contributed by atoms with Gasteiger partial charge in [0.05, 0.1) is 5.92 Å². The van der Waals surface area contributed by atoms with Crippen molar-refractivity contribution in [1.29, 1.82) is 0 Å². The van der Waals surface area contributed by atoms with Crippen LogP contribution in [-0.2, 0) is 9.59 Å². The van der Waals surface area contributed by atoms with Crippen molar-refractivity contribution in [2.24, 2.45) is 34.5 Å². The first-order valence-electron chi connectivity index (χ1n) is 9.20. The summed E-state index contributed by atoms with van der Waals surface area (Å²) in [7, 11) is 0. The summed E-state index contributed by atoms with van der Waals surface area (Å²) in [5.74, 6) is 2.31. The predicted octanol–water partition coefficient (Wildman–Crippen LogP) is 3.45. The largest absolute Gasteiger partial charge is 0.361 e. The fraction of sp³-hybridized carbons (Fsp3) is 0.842. The molecular weight excluding hydrogens is 288 g/mol. The zero-order valence-electron chi connectivity index (χ0n) is 14.2.